The normalized spacial score (nSPS) is 34.4. The first-order valence-electron chi connectivity index (χ1n) is 9.43. The van der Waals surface area contributed by atoms with Crippen LogP contribution >= 0.6 is 24.2 Å². The van der Waals surface area contributed by atoms with Crippen LogP contribution in [-0.2, 0) is 4.79 Å². The van der Waals surface area contributed by atoms with Crippen molar-refractivity contribution in [2.45, 2.75) is 62.4 Å². The van der Waals surface area contributed by atoms with Gasteiger partial charge < -0.3 is 10.2 Å². The number of halogens is 1. The molecular weight excluding hydrogens is 352 g/mol. The summed E-state index contributed by atoms with van der Waals surface area (Å²) in [6.07, 6.45) is 5.74. The Balaban J connectivity index is 0.00000182. The maximum Gasteiger partial charge on any atom is 0.223 e. The fourth-order valence-corrected chi connectivity index (χ4v) is 6.07. The summed E-state index contributed by atoms with van der Waals surface area (Å²) >= 11 is 2.00. The summed E-state index contributed by atoms with van der Waals surface area (Å²) in [6, 6.07) is 12.2. The Kier molecular flexibility index (Phi) is 6.35. The van der Waals surface area contributed by atoms with E-state index in [1.807, 2.05) is 11.8 Å². The van der Waals surface area contributed by atoms with E-state index in [0.29, 0.717) is 29.2 Å². The Labute approximate surface area is 161 Å². The number of benzene rings is 1. The number of nitrogens with one attached hydrogen (secondary N) is 1. The van der Waals surface area contributed by atoms with Gasteiger partial charge in [-0.1, -0.05) is 37.3 Å². The Morgan fingerprint density at radius 1 is 1.20 bits per heavy atom. The first kappa shape index (κ1) is 19.1. The van der Waals surface area contributed by atoms with Crippen LogP contribution in [0.5, 0.6) is 0 Å². The molecule has 3 saturated heterocycles. The summed E-state index contributed by atoms with van der Waals surface area (Å²) in [6.45, 7) is 3.16. The smallest absolute Gasteiger partial charge is 0.223 e. The fourth-order valence-electron chi connectivity index (χ4n) is 4.91. The highest BCUT2D eigenvalue weighted by Gasteiger charge is 2.37. The van der Waals surface area contributed by atoms with Crippen molar-refractivity contribution < 1.29 is 4.79 Å². The van der Waals surface area contributed by atoms with Crippen LogP contribution < -0.4 is 5.32 Å². The number of carbonyl (C=O) groups is 1. The molecule has 1 aromatic carbocycles. The topological polar surface area (TPSA) is 32.3 Å². The predicted molar refractivity (Wildman–Crippen MR) is 107 cm³/mol. The number of fused-ring (bicyclic) bond motifs is 2. The fraction of sp³-hybridized carbons (Fsp3) is 0.650. The van der Waals surface area contributed by atoms with Crippen molar-refractivity contribution in [3.8, 4) is 0 Å². The van der Waals surface area contributed by atoms with E-state index in [0.717, 1.165) is 18.7 Å². The summed E-state index contributed by atoms with van der Waals surface area (Å²) in [5.41, 5.74) is 1.29. The molecule has 1 aromatic rings. The summed E-state index contributed by atoms with van der Waals surface area (Å²) in [4.78, 5) is 15.3. The number of rotatable bonds is 3. The second kappa shape index (κ2) is 8.32. The molecule has 3 aliphatic heterocycles. The minimum Gasteiger partial charge on any atom is -0.334 e. The number of hydrogen-bond donors (Lipinski definition) is 1. The first-order chi connectivity index (χ1) is 11.7. The highest BCUT2D eigenvalue weighted by molar-refractivity contribution is 8.00. The standard InChI is InChI=1S/C20H28N2OS.ClH/c1-14-20(16-5-3-2-4-6-16)22(9-10-24-14)19(23)13-15-11-17-7-8-18(12-15)21-17;/h2-6,14-15,17-18,20-21H,7-13H2,1H3;1H. The minimum atomic E-state index is 0. The summed E-state index contributed by atoms with van der Waals surface area (Å²) in [5.74, 6) is 2.02. The van der Waals surface area contributed by atoms with Crippen molar-refractivity contribution in [1.82, 2.24) is 10.2 Å². The molecule has 4 rings (SSSR count). The third kappa shape index (κ3) is 4.17. The maximum absolute atomic E-state index is 13.1. The minimum absolute atomic E-state index is 0. The van der Waals surface area contributed by atoms with Crippen LogP contribution in [0.4, 0.5) is 0 Å². The zero-order valence-electron chi connectivity index (χ0n) is 14.9. The molecule has 0 aliphatic carbocycles. The highest BCUT2D eigenvalue weighted by atomic mass is 35.5. The molecule has 4 unspecified atom stereocenters. The third-order valence-electron chi connectivity index (χ3n) is 5.99. The molecule has 138 valence electrons. The average Bonchev–Trinajstić information content (AvgIpc) is 2.94. The van der Waals surface area contributed by atoms with Gasteiger partial charge in [0, 0.05) is 36.1 Å². The van der Waals surface area contributed by atoms with Gasteiger partial charge in [0.1, 0.15) is 0 Å². The quantitative estimate of drug-likeness (QED) is 0.859. The molecule has 4 atom stereocenters. The van der Waals surface area contributed by atoms with Crippen LogP contribution in [0.2, 0.25) is 0 Å². The van der Waals surface area contributed by atoms with Crippen molar-refractivity contribution in [2.75, 3.05) is 12.3 Å². The molecule has 25 heavy (non-hydrogen) atoms. The molecule has 5 heteroatoms. The number of piperidine rings is 1. The molecular formula is C20H29ClN2OS. The van der Waals surface area contributed by atoms with Crippen molar-refractivity contribution in [1.29, 1.82) is 0 Å². The molecule has 3 heterocycles. The van der Waals surface area contributed by atoms with Crippen LogP contribution in [0.1, 0.15) is 50.6 Å². The van der Waals surface area contributed by atoms with Crippen molar-refractivity contribution in [2.24, 2.45) is 5.92 Å². The number of nitrogens with zero attached hydrogens (tertiary/aromatic N) is 1. The second-order valence-electron chi connectivity index (χ2n) is 7.70. The number of amides is 1. The molecule has 3 aliphatic rings. The van der Waals surface area contributed by atoms with Crippen molar-refractivity contribution >= 4 is 30.1 Å². The number of hydrogen-bond acceptors (Lipinski definition) is 3. The molecule has 0 spiro atoms. The first-order valence-corrected chi connectivity index (χ1v) is 10.5. The van der Waals surface area contributed by atoms with E-state index in [4.69, 9.17) is 0 Å². The lowest BCUT2D eigenvalue weighted by Gasteiger charge is -2.41. The molecule has 0 radical (unpaired) electrons. The molecule has 3 nitrogen and oxygen atoms in total. The monoisotopic (exact) mass is 380 g/mol. The average molecular weight is 381 g/mol. The van der Waals surface area contributed by atoms with Crippen LogP contribution in [0.25, 0.3) is 0 Å². The van der Waals surface area contributed by atoms with E-state index in [2.05, 4.69) is 47.5 Å². The zero-order chi connectivity index (χ0) is 16.5. The lowest BCUT2D eigenvalue weighted by molar-refractivity contribution is -0.135. The Bertz CT molecular complexity index is 572. The van der Waals surface area contributed by atoms with Crippen molar-refractivity contribution in [3.63, 3.8) is 0 Å². The lowest BCUT2D eigenvalue weighted by atomic mass is 9.89. The van der Waals surface area contributed by atoms with Crippen LogP contribution in [0.15, 0.2) is 30.3 Å². The van der Waals surface area contributed by atoms with Gasteiger partial charge in [0.15, 0.2) is 0 Å². The molecule has 0 saturated carbocycles. The van der Waals surface area contributed by atoms with Gasteiger partial charge in [0.05, 0.1) is 6.04 Å². The van der Waals surface area contributed by atoms with E-state index >= 15 is 0 Å². The van der Waals surface area contributed by atoms with Gasteiger partial charge in [-0.2, -0.15) is 11.8 Å². The SMILES string of the molecule is CC1SCCN(C(=O)CC2CC3CCC(C2)N3)C1c1ccccc1.Cl. The molecule has 1 amide bonds. The summed E-state index contributed by atoms with van der Waals surface area (Å²) in [5, 5.41) is 4.15. The van der Waals surface area contributed by atoms with Gasteiger partial charge in [0.2, 0.25) is 5.91 Å². The Hall–Kier alpha value is -0.710. The Morgan fingerprint density at radius 3 is 2.56 bits per heavy atom. The molecule has 0 aromatic heterocycles. The largest absolute Gasteiger partial charge is 0.334 e. The lowest BCUT2D eigenvalue weighted by Crippen LogP contribution is -2.45. The van der Waals surface area contributed by atoms with Gasteiger partial charge in [-0.05, 0) is 37.2 Å². The third-order valence-corrected chi connectivity index (χ3v) is 7.19. The van der Waals surface area contributed by atoms with Gasteiger partial charge in [-0.25, -0.2) is 0 Å². The second-order valence-corrected chi connectivity index (χ2v) is 9.18. The van der Waals surface area contributed by atoms with Crippen LogP contribution in [0.3, 0.4) is 0 Å². The highest BCUT2D eigenvalue weighted by Crippen LogP contribution is 2.38. The van der Waals surface area contributed by atoms with E-state index in [-0.39, 0.29) is 18.4 Å². The van der Waals surface area contributed by atoms with Gasteiger partial charge >= 0.3 is 0 Å². The molecule has 1 N–H and O–H groups in total. The van der Waals surface area contributed by atoms with E-state index in [1.165, 1.54) is 31.2 Å². The van der Waals surface area contributed by atoms with E-state index < -0.39 is 0 Å². The van der Waals surface area contributed by atoms with E-state index in [9.17, 15) is 4.79 Å². The maximum atomic E-state index is 13.1. The number of thioether (sulfide) groups is 1. The summed E-state index contributed by atoms with van der Waals surface area (Å²) < 4.78 is 0. The molecule has 2 bridgehead atoms. The van der Waals surface area contributed by atoms with Crippen molar-refractivity contribution in [3.05, 3.63) is 35.9 Å². The summed E-state index contributed by atoms with van der Waals surface area (Å²) in [7, 11) is 0. The van der Waals surface area contributed by atoms with Gasteiger partial charge in [-0.3, -0.25) is 4.79 Å². The van der Waals surface area contributed by atoms with Gasteiger partial charge in [-0.15, -0.1) is 12.4 Å². The van der Waals surface area contributed by atoms with Crippen LogP contribution in [-0.4, -0.2) is 40.4 Å². The van der Waals surface area contributed by atoms with Gasteiger partial charge in [0.25, 0.3) is 0 Å². The Morgan fingerprint density at radius 2 is 1.88 bits per heavy atom. The molecule has 3 fully saturated rings. The zero-order valence-corrected chi connectivity index (χ0v) is 16.5. The predicted octanol–water partition coefficient (Wildman–Crippen LogP) is 4.03. The van der Waals surface area contributed by atoms with Crippen LogP contribution in [0, 0.1) is 5.92 Å². The van der Waals surface area contributed by atoms with E-state index in [1.54, 1.807) is 0 Å². The number of carbonyl (C=O) groups excluding carboxylic acids is 1.